The Labute approximate surface area is 158 Å². The van der Waals surface area contributed by atoms with Crippen LogP contribution in [0, 0.1) is 0 Å². The van der Waals surface area contributed by atoms with Gasteiger partial charge in [-0.2, -0.15) is 0 Å². The molecule has 0 spiro atoms. The second-order valence-corrected chi connectivity index (χ2v) is 8.22. The van der Waals surface area contributed by atoms with Crippen LogP contribution in [-0.2, 0) is 9.83 Å². The molecular formula is C23H24O2Si. The molecule has 2 atom stereocenters. The molecule has 3 rings (SSSR count). The molecule has 0 heterocycles. The normalized spacial score (nSPS) is 14.3. The zero-order valence-corrected chi connectivity index (χ0v) is 17.3. The van der Waals surface area contributed by atoms with E-state index in [9.17, 15) is 4.79 Å². The third-order valence-electron chi connectivity index (χ3n) is 5.06. The summed E-state index contributed by atoms with van der Waals surface area (Å²) in [5, 5.41) is -0.646. The van der Waals surface area contributed by atoms with Gasteiger partial charge in [-0.15, -0.1) is 0 Å². The number of benzene rings is 3. The minimum atomic E-state index is -0.646. The summed E-state index contributed by atoms with van der Waals surface area (Å²) in [7, 11) is 0.654. The molecule has 0 fully saturated rings. The van der Waals surface area contributed by atoms with Gasteiger partial charge in [0.25, 0.3) is 0 Å². The Hall–Kier alpha value is -2.65. The van der Waals surface area contributed by atoms with E-state index in [4.69, 9.17) is 4.74 Å². The first-order chi connectivity index (χ1) is 12.7. The molecule has 0 saturated carbocycles. The summed E-state index contributed by atoms with van der Waals surface area (Å²) < 4.78 is 5.83. The van der Waals surface area contributed by atoms with Crippen LogP contribution < -0.4 is 4.74 Å². The van der Waals surface area contributed by atoms with Crippen molar-refractivity contribution in [2.24, 2.45) is 0 Å². The van der Waals surface area contributed by atoms with E-state index in [2.05, 4.69) is 19.1 Å². The monoisotopic (exact) mass is 360 g/mol. The number of carbonyl (C=O) groups is 1. The van der Waals surface area contributed by atoms with E-state index in [0.29, 0.717) is 16.0 Å². The summed E-state index contributed by atoms with van der Waals surface area (Å²) in [5.74, 6) is 0.503. The average Bonchev–Trinajstić information content (AvgIpc) is 2.70. The maximum atomic E-state index is 13.4. The topological polar surface area (TPSA) is 26.3 Å². The highest BCUT2D eigenvalue weighted by molar-refractivity contribution is 6.28. The van der Waals surface area contributed by atoms with Crippen LogP contribution in [0.4, 0.5) is 0 Å². The molecule has 0 aliphatic heterocycles. The summed E-state index contributed by atoms with van der Waals surface area (Å²) >= 11 is 0. The van der Waals surface area contributed by atoms with E-state index in [0.717, 1.165) is 12.0 Å². The predicted molar refractivity (Wildman–Crippen MR) is 110 cm³/mol. The molecule has 0 aliphatic rings. The molecule has 2 nitrogen and oxygen atoms in total. The molecule has 132 valence electrons. The number of hydrogen-bond acceptors (Lipinski definition) is 2. The van der Waals surface area contributed by atoms with Gasteiger partial charge < -0.3 is 4.74 Å². The standard InChI is InChI=1S/C23H24O2Si/c1-2-21(18-12-6-3-7-13-18)23(26,19-14-8-4-9-15-19)22(24)25-20-16-10-5-11-17-20/h3-17,21H,2H2,1,26H3. The second-order valence-electron chi connectivity index (χ2n) is 6.64. The first kappa shape index (κ1) is 18.1. The Bertz CT molecular complexity index is 834. The van der Waals surface area contributed by atoms with Crippen LogP contribution >= 0.6 is 0 Å². The number of esters is 1. The lowest BCUT2D eigenvalue weighted by Gasteiger charge is -2.36. The maximum Gasteiger partial charge on any atom is 0.318 e. The van der Waals surface area contributed by atoms with Crippen LogP contribution in [0.3, 0.4) is 0 Å². The number of para-hydroxylation sites is 1. The summed E-state index contributed by atoms with van der Waals surface area (Å²) in [6, 6.07) is 29.7. The quantitative estimate of drug-likeness (QED) is 0.377. The average molecular weight is 361 g/mol. The molecule has 2 unspecified atom stereocenters. The fourth-order valence-corrected chi connectivity index (χ4v) is 4.79. The lowest BCUT2D eigenvalue weighted by molar-refractivity contribution is -0.138. The van der Waals surface area contributed by atoms with E-state index >= 15 is 0 Å². The zero-order valence-electron chi connectivity index (χ0n) is 15.3. The van der Waals surface area contributed by atoms with Gasteiger partial charge >= 0.3 is 5.97 Å². The molecule has 0 aliphatic carbocycles. The Morgan fingerprint density at radius 1 is 0.885 bits per heavy atom. The van der Waals surface area contributed by atoms with Crippen molar-refractivity contribution >= 4 is 16.2 Å². The molecule has 3 heteroatoms. The molecule has 0 bridgehead atoms. The van der Waals surface area contributed by atoms with Crippen molar-refractivity contribution in [3.63, 3.8) is 0 Å². The van der Waals surface area contributed by atoms with Crippen molar-refractivity contribution in [2.45, 2.75) is 24.3 Å². The molecule has 0 aromatic heterocycles. The largest absolute Gasteiger partial charge is 0.426 e. The van der Waals surface area contributed by atoms with Gasteiger partial charge in [-0.3, -0.25) is 4.79 Å². The van der Waals surface area contributed by atoms with Gasteiger partial charge in [0.1, 0.15) is 5.75 Å². The van der Waals surface area contributed by atoms with Gasteiger partial charge in [-0.25, -0.2) is 0 Å². The summed E-state index contributed by atoms with van der Waals surface area (Å²) in [4.78, 5) is 13.4. The van der Waals surface area contributed by atoms with Gasteiger partial charge in [-0.05, 0) is 29.7 Å². The van der Waals surface area contributed by atoms with Crippen LogP contribution in [0.15, 0.2) is 91.0 Å². The molecule has 0 saturated heterocycles. The zero-order chi connectivity index (χ0) is 18.4. The first-order valence-electron chi connectivity index (χ1n) is 9.04. The van der Waals surface area contributed by atoms with Crippen molar-refractivity contribution in [1.82, 2.24) is 0 Å². The first-order valence-corrected chi connectivity index (χ1v) is 10.0. The van der Waals surface area contributed by atoms with Crippen molar-refractivity contribution < 1.29 is 9.53 Å². The molecule has 0 amide bonds. The van der Waals surface area contributed by atoms with Crippen LogP contribution in [0.1, 0.15) is 30.4 Å². The van der Waals surface area contributed by atoms with Crippen molar-refractivity contribution in [2.75, 3.05) is 0 Å². The van der Waals surface area contributed by atoms with Crippen LogP contribution in [0.2, 0.25) is 0 Å². The Morgan fingerprint density at radius 3 is 1.92 bits per heavy atom. The molecule has 3 aromatic rings. The van der Waals surface area contributed by atoms with Gasteiger partial charge in [0.2, 0.25) is 0 Å². The van der Waals surface area contributed by atoms with Crippen LogP contribution in [0.5, 0.6) is 5.75 Å². The highest BCUT2D eigenvalue weighted by Gasteiger charge is 2.44. The molecule has 0 N–H and O–H groups in total. The van der Waals surface area contributed by atoms with Crippen molar-refractivity contribution in [3.05, 3.63) is 102 Å². The van der Waals surface area contributed by atoms with Gasteiger partial charge in [-0.1, -0.05) is 85.8 Å². The minimum Gasteiger partial charge on any atom is -0.426 e. The van der Waals surface area contributed by atoms with E-state index < -0.39 is 5.04 Å². The van der Waals surface area contributed by atoms with Crippen molar-refractivity contribution in [3.8, 4) is 5.75 Å². The fourth-order valence-electron chi connectivity index (χ4n) is 3.61. The Kier molecular flexibility index (Phi) is 5.69. The van der Waals surface area contributed by atoms with Gasteiger partial charge in [0, 0.05) is 16.2 Å². The summed E-state index contributed by atoms with van der Waals surface area (Å²) in [6.07, 6.45) is 0.867. The number of hydrogen-bond donors (Lipinski definition) is 0. The summed E-state index contributed by atoms with van der Waals surface area (Å²) in [5.41, 5.74) is 2.21. The number of carbonyl (C=O) groups excluding carboxylic acids is 1. The van der Waals surface area contributed by atoms with Gasteiger partial charge in [0.05, 0.1) is 5.04 Å². The minimum absolute atomic E-state index is 0.0778. The lowest BCUT2D eigenvalue weighted by Crippen LogP contribution is -2.45. The smallest absolute Gasteiger partial charge is 0.318 e. The molecular weight excluding hydrogens is 336 g/mol. The fraction of sp³-hybridized carbons (Fsp3) is 0.174. The van der Waals surface area contributed by atoms with E-state index in [1.807, 2.05) is 78.9 Å². The SMILES string of the molecule is CCC(c1ccccc1)C([SiH3])(C(=O)Oc1ccccc1)c1ccccc1. The molecule has 0 radical (unpaired) electrons. The maximum absolute atomic E-state index is 13.4. The van der Waals surface area contributed by atoms with Crippen molar-refractivity contribution in [1.29, 1.82) is 0 Å². The molecule has 26 heavy (non-hydrogen) atoms. The highest BCUT2D eigenvalue weighted by atomic mass is 28.1. The lowest BCUT2D eigenvalue weighted by atomic mass is 9.78. The number of rotatable bonds is 6. The van der Waals surface area contributed by atoms with Crippen LogP contribution in [-0.4, -0.2) is 16.2 Å². The van der Waals surface area contributed by atoms with Gasteiger partial charge in [0.15, 0.2) is 0 Å². The van der Waals surface area contributed by atoms with E-state index in [1.54, 1.807) is 0 Å². The Morgan fingerprint density at radius 2 is 1.38 bits per heavy atom. The molecule has 3 aromatic carbocycles. The summed E-state index contributed by atoms with van der Waals surface area (Å²) in [6.45, 7) is 2.14. The Balaban J connectivity index is 2.06. The van der Waals surface area contributed by atoms with Crippen LogP contribution in [0.25, 0.3) is 0 Å². The van der Waals surface area contributed by atoms with E-state index in [-0.39, 0.29) is 11.9 Å². The third kappa shape index (κ3) is 3.63. The second kappa shape index (κ2) is 8.15. The highest BCUT2D eigenvalue weighted by Crippen LogP contribution is 2.40. The predicted octanol–water partition coefficient (Wildman–Crippen LogP) is 4.05. The number of ether oxygens (including phenoxy) is 1. The van der Waals surface area contributed by atoms with E-state index in [1.165, 1.54) is 5.56 Å². The third-order valence-corrected chi connectivity index (χ3v) is 6.74.